The third-order valence-corrected chi connectivity index (χ3v) is 9.39. The largest absolute Gasteiger partial charge is 0.457 e. The van der Waals surface area contributed by atoms with Gasteiger partial charge in [0.2, 0.25) is 0 Å². The van der Waals surface area contributed by atoms with E-state index < -0.39 is 0 Å². The number of rotatable bonds is 12. The van der Waals surface area contributed by atoms with E-state index in [9.17, 15) is 0 Å². The van der Waals surface area contributed by atoms with E-state index in [0.29, 0.717) is 5.69 Å². The van der Waals surface area contributed by atoms with Crippen molar-refractivity contribution in [1.82, 2.24) is 0 Å². The molecule has 0 spiro atoms. The maximum absolute atomic E-state index is 6.17. The first-order valence-corrected chi connectivity index (χ1v) is 18.6. The summed E-state index contributed by atoms with van der Waals surface area (Å²) in [6.07, 6.45) is 4.10. The van der Waals surface area contributed by atoms with E-state index in [2.05, 4.69) is 149 Å². The molecule has 0 aliphatic rings. The molecule has 0 heterocycles. The normalized spacial score (nSPS) is 10.9. The number of ether oxygens (including phenoxy) is 2. The first-order chi connectivity index (χ1) is 27.6. The van der Waals surface area contributed by atoms with E-state index in [1.165, 1.54) is 0 Å². The van der Waals surface area contributed by atoms with Crippen LogP contribution >= 0.6 is 0 Å². The first-order valence-electron chi connectivity index (χ1n) is 18.6. The lowest BCUT2D eigenvalue weighted by atomic mass is 10.0. The van der Waals surface area contributed by atoms with Crippen molar-refractivity contribution in [2.24, 2.45) is 0 Å². The molecule has 2 N–H and O–H groups in total. The van der Waals surface area contributed by atoms with Crippen LogP contribution in [-0.4, -0.2) is 0 Å². The molecule has 56 heavy (non-hydrogen) atoms. The van der Waals surface area contributed by atoms with E-state index in [0.717, 1.165) is 73.8 Å². The fraction of sp³-hybridized carbons (Fsp3) is 0.0196. The maximum Gasteiger partial charge on any atom is 0.127 e. The zero-order valence-electron chi connectivity index (χ0n) is 31.1. The zero-order valence-corrected chi connectivity index (χ0v) is 31.1. The van der Waals surface area contributed by atoms with E-state index >= 15 is 0 Å². The molecule has 0 saturated heterocycles. The number of nitrogens with two attached hydrogens (primary N) is 1. The van der Waals surface area contributed by atoms with Crippen LogP contribution in [-0.2, 0) is 0 Å². The van der Waals surface area contributed by atoms with Crippen LogP contribution in [0, 0.1) is 0 Å². The Hall–Kier alpha value is -7.50. The fourth-order valence-electron chi connectivity index (χ4n) is 6.63. The van der Waals surface area contributed by atoms with Gasteiger partial charge in [0.15, 0.2) is 0 Å². The van der Waals surface area contributed by atoms with Gasteiger partial charge in [-0.1, -0.05) is 84.9 Å². The van der Waals surface area contributed by atoms with Crippen molar-refractivity contribution in [2.75, 3.05) is 15.5 Å². The fourth-order valence-corrected chi connectivity index (χ4v) is 6.63. The van der Waals surface area contributed by atoms with Crippen molar-refractivity contribution in [3.8, 4) is 34.1 Å². The zero-order chi connectivity index (χ0) is 38.1. The Labute approximate surface area is 328 Å². The highest BCUT2D eigenvalue weighted by atomic mass is 16.5. The Morgan fingerprint density at radius 2 is 0.661 bits per heavy atom. The first kappa shape index (κ1) is 35.5. The van der Waals surface area contributed by atoms with Crippen LogP contribution in [0.4, 0.5) is 39.8 Å². The van der Waals surface area contributed by atoms with Crippen molar-refractivity contribution in [2.45, 2.75) is 6.92 Å². The van der Waals surface area contributed by atoms with Gasteiger partial charge in [-0.25, -0.2) is 0 Å². The second kappa shape index (κ2) is 16.7. The molecule has 8 aromatic rings. The van der Waals surface area contributed by atoms with Gasteiger partial charge >= 0.3 is 0 Å². The summed E-state index contributed by atoms with van der Waals surface area (Å²) in [5.41, 5.74) is 16.3. The van der Waals surface area contributed by atoms with Crippen LogP contribution in [0.15, 0.2) is 212 Å². The highest BCUT2D eigenvalue weighted by molar-refractivity contribution is 5.81. The van der Waals surface area contributed by atoms with Gasteiger partial charge in [-0.15, -0.1) is 0 Å². The van der Waals surface area contributed by atoms with Crippen LogP contribution in [0.3, 0.4) is 0 Å². The Morgan fingerprint density at radius 1 is 0.357 bits per heavy atom. The van der Waals surface area contributed by atoms with Gasteiger partial charge in [-0.3, -0.25) is 0 Å². The SMILES string of the molecule is C/C=C/c1ccc(Oc2ccc(N(c3ccccc3)c3ccc(-c4ccc(N(c5ccccc5)c5ccc(Oc6ccc(N)cc6)cc5)cc4)cc3)cc2)cc1. The summed E-state index contributed by atoms with van der Waals surface area (Å²) in [6.45, 7) is 2.02. The molecule has 8 aromatic carbocycles. The van der Waals surface area contributed by atoms with Crippen LogP contribution in [0.5, 0.6) is 23.0 Å². The number of allylic oxidation sites excluding steroid dienone is 1. The van der Waals surface area contributed by atoms with Crippen LogP contribution < -0.4 is 25.0 Å². The Kier molecular flexibility index (Phi) is 10.6. The summed E-state index contributed by atoms with van der Waals surface area (Å²) in [4.78, 5) is 4.50. The van der Waals surface area contributed by atoms with Crippen LogP contribution in [0.1, 0.15) is 12.5 Å². The van der Waals surface area contributed by atoms with Gasteiger partial charge in [0.05, 0.1) is 0 Å². The molecule has 0 bridgehead atoms. The molecular formula is C51H41N3O2. The Balaban J connectivity index is 1.02. The van der Waals surface area contributed by atoms with Crippen molar-refractivity contribution in [1.29, 1.82) is 0 Å². The number of hydrogen-bond donors (Lipinski definition) is 1. The average molecular weight is 728 g/mol. The Morgan fingerprint density at radius 3 is 1.02 bits per heavy atom. The molecule has 5 heteroatoms. The van der Waals surface area contributed by atoms with Crippen molar-refractivity contribution in [3.05, 3.63) is 218 Å². The highest BCUT2D eigenvalue weighted by Crippen LogP contribution is 2.39. The summed E-state index contributed by atoms with van der Waals surface area (Å²) < 4.78 is 12.2. The maximum atomic E-state index is 6.17. The number of para-hydroxylation sites is 2. The standard InChI is InChI=1S/C51H41N3O2/c1-2-9-38-14-30-48(31-15-38)55-50-34-26-46(27-35-50)53(42-10-5-3-6-11-42)44-22-16-39(17-23-44)40-18-24-45(25-19-40)54(43-12-7-4-8-13-43)47-28-36-51(37-29-47)56-49-32-20-41(52)21-33-49/h2-37H,52H2,1H3/b9-2+. The average Bonchev–Trinajstić information content (AvgIpc) is 3.25. The predicted molar refractivity (Wildman–Crippen MR) is 233 cm³/mol. The molecule has 272 valence electrons. The minimum atomic E-state index is 0.705. The predicted octanol–water partition coefficient (Wildman–Crippen LogP) is 14.5. The molecule has 0 fully saturated rings. The highest BCUT2D eigenvalue weighted by Gasteiger charge is 2.15. The topological polar surface area (TPSA) is 51.0 Å². The second-order valence-electron chi connectivity index (χ2n) is 13.3. The van der Waals surface area contributed by atoms with Gasteiger partial charge in [-0.05, 0) is 157 Å². The van der Waals surface area contributed by atoms with Crippen LogP contribution in [0.25, 0.3) is 17.2 Å². The van der Waals surface area contributed by atoms with E-state index in [1.54, 1.807) is 0 Å². The molecule has 0 atom stereocenters. The van der Waals surface area contributed by atoms with Crippen molar-refractivity contribution >= 4 is 45.9 Å². The molecule has 8 rings (SSSR count). The van der Waals surface area contributed by atoms with Gasteiger partial charge in [-0.2, -0.15) is 0 Å². The van der Waals surface area contributed by atoms with E-state index in [4.69, 9.17) is 15.2 Å². The Bertz CT molecular complexity index is 2480. The number of anilines is 7. The third kappa shape index (κ3) is 8.33. The molecule has 0 unspecified atom stereocenters. The van der Waals surface area contributed by atoms with Crippen molar-refractivity contribution in [3.63, 3.8) is 0 Å². The molecule has 0 aliphatic heterocycles. The minimum Gasteiger partial charge on any atom is -0.457 e. The van der Waals surface area contributed by atoms with Gasteiger partial charge in [0, 0.05) is 39.8 Å². The lowest BCUT2D eigenvalue weighted by molar-refractivity contribution is 0.482. The summed E-state index contributed by atoms with van der Waals surface area (Å²) in [5.74, 6) is 3.08. The third-order valence-electron chi connectivity index (χ3n) is 9.39. The molecule has 0 saturated carbocycles. The lowest BCUT2D eigenvalue weighted by Gasteiger charge is -2.26. The summed E-state index contributed by atoms with van der Waals surface area (Å²) in [6, 6.07) is 70.1. The number of benzene rings is 8. The molecule has 0 amide bonds. The molecule has 0 radical (unpaired) electrons. The van der Waals surface area contributed by atoms with Gasteiger partial charge < -0.3 is 25.0 Å². The summed E-state index contributed by atoms with van der Waals surface area (Å²) in [7, 11) is 0. The lowest BCUT2D eigenvalue weighted by Crippen LogP contribution is -2.10. The quantitative estimate of drug-likeness (QED) is 0.127. The number of nitrogen functional groups attached to an aromatic ring is 1. The number of hydrogen-bond acceptors (Lipinski definition) is 5. The van der Waals surface area contributed by atoms with Gasteiger partial charge in [0.25, 0.3) is 0 Å². The summed E-state index contributed by atoms with van der Waals surface area (Å²) in [5, 5.41) is 0. The number of nitrogens with zero attached hydrogens (tertiary/aromatic N) is 2. The van der Waals surface area contributed by atoms with E-state index in [-0.39, 0.29) is 0 Å². The monoisotopic (exact) mass is 727 g/mol. The van der Waals surface area contributed by atoms with E-state index in [1.807, 2.05) is 85.8 Å². The molecule has 5 nitrogen and oxygen atoms in total. The minimum absolute atomic E-state index is 0.705. The molecular weight excluding hydrogens is 687 g/mol. The van der Waals surface area contributed by atoms with Crippen LogP contribution in [0.2, 0.25) is 0 Å². The smallest absolute Gasteiger partial charge is 0.127 e. The molecule has 0 aliphatic carbocycles. The van der Waals surface area contributed by atoms with Gasteiger partial charge in [0.1, 0.15) is 23.0 Å². The molecule has 0 aromatic heterocycles. The second-order valence-corrected chi connectivity index (χ2v) is 13.3. The van der Waals surface area contributed by atoms with Crippen molar-refractivity contribution < 1.29 is 9.47 Å². The summed E-state index contributed by atoms with van der Waals surface area (Å²) >= 11 is 0.